The Hall–Kier alpha value is -4.28. The Morgan fingerprint density at radius 3 is 2.55 bits per heavy atom. The second-order valence-electron chi connectivity index (χ2n) is 8.53. The van der Waals surface area contributed by atoms with Gasteiger partial charge < -0.3 is 21.3 Å². The minimum absolute atomic E-state index is 0.00635. The molecule has 1 heterocycles. The number of para-hydroxylation sites is 1. The molecule has 0 bridgehead atoms. The molecule has 202 valence electrons. The number of benzene rings is 2. The fourth-order valence-electron chi connectivity index (χ4n) is 4.02. The van der Waals surface area contributed by atoms with Crippen LogP contribution in [-0.2, 0) is 14.4 Å². The molecule has 0 aliphatic carbocycles. The number of rotatable bonds is 8. The first kappa shape index (κ1) is 28.3. The second kappa shape index (κ2) is 11.4. The molecule has 4 N–H and O–H groups in total. The quantitative estimate of drug-likeness (QED) is 0.435. The highest BCUT2D eigenvalue weighted by Gasteiger charge is 2.36. The Morgan fingerprint density at radius 1 is 1.24 bits per heavy atom. The highest BCUT2D eigenvalue weighted by Crippen LogP contribution is 2.40. The average Bonchev–Trinajstić information content (AvgIpc) is 2.96. The lowest BCUT2D eigenvalue weighted by Crippen LogP contribution is -2.50. The molecule has 0 spiro atoms. The lowest BCUT2D eigenvalue weighted by atomic mass is 9.97. The van der Waals surface area contributed by atoms with E-state index in [2.05, 4.69) is 10.6 Å². The largest absolute Gasteiger partial charge is 0.389 e. The number of nitriles is 1. The summed E-state index contributed by atoms with van der Waals surface area (Å²) in [5.74, 6) is -5.50. The fraction of sp³-hybridized carbons (Fsp3) is 0.333. The summed E-state index contributed by atoms with van der Waals surface area (Å²) in [5.41, 5.74) is 4.01. The maximum atomic E-state index is 14.3. The number of amides is 3. The van der Waals surface area contributed by atoms with Crippen molar-refractivity contribution >= 4 is 34.8 Å². The molecular weight excluding hydrogens is 520 g/mol. The number of hydrogen-bond donors (Lipinski definition) is 3. The number of nitrogens with zero attached hydrogens (tertiary/aromatic N) is 2. The number of alkyl halides is 5. The summed E-state index contributed by atoms with van der Waals surface area (Å²) in [6.07, 6.45) is -10.6. The summed E-state index contributed by atoms with van der Waals surface area (Å²) in [6.45, 7) is -0.478. The van der Waals surface area contributed by atoms with Gasteiger partial charge in [-0.05, 0) is 30.7 Å². The van der Waals surface area contributed by atoms with Gasteiger partial charge in [0.15, 0.2) is 0 Å². The highest BCUT2D eigenvalue weighted by molar-refractivity contribution is 6.03. The van der Waals surface area contributed by atoms with Gasteiger partial charge in [0.2, 0.25) is 17.7 Å². The number of carbonyl (C=O) groups excluding carboxylic acids is 3. The minimum Gasteiger partial charge on any atom is -0.370 e. The minimum atomic E-state index is -4.63. The van der Waals surface area contributed by atoms with Crippen LogP contribution in [0.5, 0.6) is 0 Å². The number of halogens is 6. The first-order valence-corrected chi connectivity index (χ1v) is 11.1. The van der Waals surface area contributed by atoms with E-state index in [0.29, 0.717) is 0 Å². The van der Waals surface area contributed by atoms with Crippen molar-refractivity contribution in [1.29, 1.82) is 5.26 Å². The average molecular weight is 541 g/mol. The molecule has 2 aromatic rings. The Labute approximate surface area is 212 Å². The topological polar surface area (TPSA) is 128 Å². The molecule has 8 nitrogen and oxygen atoms in total. The third-order valence-corrected chi connectivity index (χ3v) is 5.76. The smallest absolute Gasteiger partial charge is 0.370 e. The van der Waals surface area contributed by atoms with Gasteiger partial charge >= 0.3 is 6.18 Å². The molecule has 1 aliphatic rings. The maximum Gasteiger partial charge on any atom is 0.389 e. The van der Waals surface area contributed by atoms with Gasteiger partial charge in [-0.25, -0.2) is 13.2 Å². The third-order valence-electron chi connectivity index (χ3n) is 5.76. The predicted molar refractivity (Wildman–Crippen MR) is 123 cm³/mol. The van der Waals surface area contributed by atoms with E-state index in [9.17, 15) is 46.0 Å². The van der Waals surface area contributed by atoms with Crippen LogP contribution in [-0.4, -0.2) is 36.5 Å². The summed E-state index contributed by atoms with van der Waals surface area (Å²) in [4.78, 5) is 38.5. The summed E-state index contributed by atoms with van der Waals surface area (Å²) in [5, 5.41) is 13.8. The van der Waals surface area contributed by atoms with Gasteiger partial charge in [-0.3, -0.25) is 14.4 Å². The number of fused-ring (bicyclic) bond motifs is 1. The summed E-state index contributed by atoms with van der Waals surface area (Å²) < 4.78 is 80.0. The Morgan fingerprint density at radius 2 is 1.95 bits per heavy atom. The number of primary amides is 1. The van der Waals surface area contributed by atoms with Crippen LogP contribution in [0.4, 0.5) is 43.4 Å². The molecule has 0 fully saturated rings. The molecule has 0 saturated heterocycles. The van der Waals surface area contributed by atoms with Crippen molar-refractivity contribution in [2.75, 3.05) is 16.8 Å². The highest BCUT2D eigenvalue weighted by atomic mass is 19.4. The van der Waals surface area contributed by atoms with E-state index in [-0.39, 0.29) is 22.6 Å². The van der Waals surface area contributed by atoms with Gasteiger partial charge in [-0.15, -0.1) is 0 Å². The Balaban J connectivity index is 2.02. The van der Waals surface area contributed by atoms with E-state index < -0.39 is 79.5 Å². The number of hydrogen-bond acceptors (Lipinski definition) is 5. The Bertz CT molecular complexity index is 1280. The molecule has 3 rings (SSSR count). The molecule has 1 aliphatic heterocycles. The third kappa shape index (κ3) is 6.93. The number of anilines is 3. The monoisotopic (exact) mass is 541 g/mol. The number of nitrogens with two attached hydrogens (primary N) is 1. The van der Waals surface area contributed by atoms with E-state index in [0.717, 1.165) is 18.2 Å². The van der Waals surface area contributed by atoms with Gasteiger partial charge in [0.05, 0.1) is 29.6 Å². The van der Waals surface area contributed by atoms with Crippen LogP contribution in [0, 0.1) is 23.1 Å². The maximum absolute atomic E-state index is 14.3. The van der Waals surface area contributed by atoms with Gasteiger partial charge in [0.25, 0.3) is 6.43 Å². The predicted octanol–water partition coefficient (Wildman–Crippen LogP) is 4.04. The molecule has 2 atom stereocenters. The molecular formula is C24H21F6N5O3. The number of carbonyl (C=O) groups is 3. The van der Waals surface area contributed by atoms with Crippen molar-refractivity contribution < 1.29 is 40.7 Å². The molecule has 0 saturated carbocycles. The van der Waals surface area contributed by atoms with Gasteiger partial charge in [0.1, 0.15) is 11.9 Å². The fourth-order valence-corrected chi connectivity index (χ4v) is 4.02. The van der Waals surface area contributed by atoms with Gasteiger partial charge in [0, 0.05) is 30.0 Å². The molecule has 2 unspecified atom stereocenters. The van der Waals surface area contributed by atoms with Gasteiger partial charge in [-0.1, -0.05) is 12.1 Å². The van der Waals surface area contributed by atoms with Crippen molar-refractivity contribution in [2.24, 2.45) is 11.7 Å². The molecule has 0 aromatic heterocycles. The lowest BCUT2D eigenvalue weighted by molar-refractivity contribution is -0.143. The van der Waals surface area contributed by atoms with Crippen LogP contribution in [0.25, 0.3) is 0 Å². The molecule has 2 aromatic carbocycles. The van der Waals surface area contributed by atoms with E-state index in [1.807, 2.05) is 0 Å². The number of nitrogens with one attached hydrogen (secondary N) is 2. The Kier molecular flexibility index (Phi) is 8.49. The first-order valence-electron chi connectivity index (χ1n) is 11.1. The molecule has 38 heavy (non-hydrogen) atoms. The molecule has 0 radical (unpaired) electrons. The summed E-state index contributed by atoms with van der Waals surface area (Å²) in [7, 11) is 0. The molecule has 14 heteroatoms. The van der Waals surface area contributed by atoms with E-state index in [1.54, 1.807) is 6.07 Å². The first-order chi connectivity index (χ1) is 17.8. The van der Waals surface area contributed by atoms with Crippen molar-refractivity contribution in [3.8, 4) is 6.07 Å². The van der Waals surface area contributed by atoms with Gasteiger partial charge in [-0.2, -0.15) is 18.4 Å². The van der Waals surface area contributed by atoms with Crippen LogP contribution < -0.4 is 21.3 Å². The zero-order chi connectivity index (χ0) is 28.2. The molecule has 3 amide bonds. The zero-order valence-corrected chi connectivity index (χ0v) is 19.5. The second-order valence-corrected chi connectivity index (χ2v) is 8.53. The van der Waals surface area contributed by atoms with Crippen LogP contribution in [0.15, 0.2) is 36.4 Å². The van der Waals surface area contributed by atoms with Crippen molar-refractivity contribution in [1.82, 2.24) is 5.32 Å². The van der Waals surface area contributed by atoms with Crippen molar-refractivity contribution in [3.63, 3.8) is 0 Å². The van der Waals surface area contributed by atoms with E-state index >= 15 is 0 Å². The summed E-state index contributed by atoms with van der Waals surface area (Å²) >= 11 is 0. The van der Waals surface area contributed by atoms with E-state index in [1.165, 1.54) is 23.1 Å². The zero-order valence-electron chi connectivity index (χ0n) is 19.5. The summed E-state index contributed by atoms with van der Waals surface area (Å²) in [6, 6.07) is 7.01. The standard InChI is InChI=1S/C24H21F6N5O3/c25-14-6-12(10-31)7-15(9-14)35-11-17(23(38)34-20-16(21(26)27)2-1-3-18(20)35)33-22(37)13(8-19(32)36)4-5-24(28,29)30/h1-3,6-7,9,13,17,21H,4-5,8,11H2,(H2,32,36)(H,33,37)(H,34,38). The van der Waals surface area contributed by atoms with Crippen molar-refractivity contribution in [2.45, 2.75) is 37.9 Å². The SMILES string of the molecule is N#Cc1cc(F)cc(N2CC(NC(=O)C(CCC(F)(F)F)CC(N)=O)C(=O)Nc3c(C(F)F)cccc32)c1. The van der Waals surface area contributed by atoms with Crippen molar-refractivity contribution in [3.05, 3.63) is 53.3 Å². The van der Waals surface area contributed by atoms with Crippen LogP contribution in [0.3, 0.4) is 0 Å². The lowest BCUT2D eigenvalue weighted by Gasteiger charge is -2.28. The normalized spacial score (nSPS) is 16.2. The van der Waals surface area contributed by atoms with E-state index in [4.69, 9.17) is 5.73 Å². The van der Waals surface area contributed by atoms with Crippen LogP contribution >= 0.6 is 0 Å². The van der Waals surface area contributed by atoms with Crippen LogP contribution in [0.1, 0.15) is 36.8 Å². The van der Waals surface area contributed by atoms with Crippen LogP contribution in [0.2, 0.25) is 0 Å².